The van der Waals surface area contributed by atoms with Gasteiger partial charge >= 0.3 is 0 Å². The molecule has 0 spiro atoms. The number of rotatable bonds is 3. The topological polar surface area (TPSA) is 55.2 Å². The number of fused-ring (bicyclic) bond motifs is 1. The monoisotopic (exact) mass is 338 g/mol. The summed E-state index contributed by atoms with van der Waals surface area (Å²) in [6.45, 7) is 0. The fraction of sp³-hybridized carbons (Fsp3) is 0. The molecule has 0 saturated carbocycles. The third-order valence-corrected chi connectivity index (χ3v) is 4.30. The summed E-state index contributed by atoms with van der Waals surface area (Å²) in [6, 6.07) is 15.2. The first-order valence-corrected chi connectivity index (χ1v) is 8.04. The highest BCUT2D eigenvalue weighted by molar-refractivity contribution is 7.16. The molecule has 4 aromatic rings. The van der Waals surface area contributed by atoms with Crippen LogP contribution in [-0.2, 0) is 0 Å². The number of aromatic nitrogens is 2. The maximum Gasteiger partial charge on any atom is 0.219 e. The Morgan fingerprint density at radius 2 is 1.96 bits per heavy atom. The number of nitrogens with zero attached hydrogens (tertiary/aromatic N) is 2. The summed E-state index contributed by atoms with van der Waals surface area (Å²) < 4.78 is 19.8. The maximum atomic E-state index is 13.1. The van der Waals surface area contributed by atoms with Gasteiger partial charge in [0, 0.05) is 17.7 Å². The van der Waals surface area contributed by atoms with Crippen molar-refractivity contribution in [2.75, 3.05) is 0 Å². The van der Waals surface area contributed by atoms with Crippen molar-refractivity contribution < 1.29 is 14.2 Å². The lowest BCUT2D eigenvalue weighted by Gasteiger charge is -2.07. The van der Waals surface area contributed by atoms with E-state index in [1.165, 1.54) is 12.1 Å². The van der Waals surface area contributed by atoms with E-state index in [0.29, 0.717) is 11.6 Å². The molecule has 0 bridgehead atoms. The first kappa shape index (κ1) is 14.6. The SMILES string of the molecule is Oc1cc(Oc2cccc(-c3ccc4scnc4c3)n2)ccc1F. The van der Waals surface area contributed by atoms with Gasteiger partial charge in [0.1, 0.15) is 5.75 Å². The molecule has 0 aliphatic rings. The van der Waals surface area contributed by atoms with Crippen molar-refractivity contribution in [3.05, 3.63) is 65.9 Å². The van der Waals surface area contributed by atoms with E-state index in [2.05, 4.69) is 9.97 Å². The van der Waals surface area contributed by atoms with Crippen molar-refractivity contribution >= 4 is 21.6 Å². The van der Waals surface area contributed by atoms with E-state index in [0.717, 1.165) is 27.5 Å². The van der Waals surface area contributed by atoms with Gasteiger partial charge in [-0.15, -0.1) is 11.3 Å². The summed E-state index contributed by atoms with van der Waals surface area (Å²) in [5.74, 6) is -0.483. The molecule has 118 valence electrons. The predicted octanol–water partition coefficient (Wildman–Crippen LogP) is 5.00. The maximum absolute atomic E-state index is 13.1. The normalized spacial score (nSPS) is 10.9. The lowest BCUT2D eigenvalue weighted by molar-refractivity contribution is 0.418. The van der Waals surface area contributed by atoms with Gasteiger partial charge in [-0.25, -0.2) is 14.4 Å². The smallest absolute Gasteiger partial charge is 0.219 e. The third-order valence-electron chi connectivity index (χ3n) is 3.49. The lowest BCUT2D eigenvalue weighted by Crippen LogP contribution is -1.90. The highest BCUT2D eigenvalue weighted by Gasteiger charge is 2.07. The van der Waals surface area contributed by atoms with E-state index in [9.17, 15) is 9.50 Å². The van der Waals surface area contributed by atoms with Gasteiger partial charge < -0.3 is 9.84 Å². The van der Waals surface area contributed by atoms with Crippen LogP contribution in [0.25, 0.3) is 21.5 Å². The Balaban J connectivity index is 1.66. The van der Waals surface area contributed by atoms with Crippen molar-refractivity contribution in [1.29, 1.82) is 0 Å². The summed E-state index contributed by atoms with van der Waals surface area (Å²) in [5, 5.41) is 9.41. The van der Waals surface area contributed by atoms with Crippen molar-refractivity contribution in [3.63, 3.8) is 0 Å². The Morgan fingerprint density at radius 3 is 2.83 bits per heavy atom. The van der Waals surface area contributed by atoms with E-state index in [1.807, 2.05) is 35.8 Å². The number of halogens is 1. The van der Waals surface area contributed by atoms with Gasteiger partial charge in [-0.2, -0.15) is 0 Å². The van der Waals surface area contributed by atoms with Crippen LogP contribution >= 0.6 is 11.3 Å². The van der Waals surface area contributed by atoms with Crippen molar-refractivity contribution in [2.24, 2.45) is 0 Å². The van der Waals surface area contributed by atoms with E-state index in [1.54, 1.807) is 17.4 Å². The fourth-order valence-corrected chi connectivity index (χ4v) is 2.99. The van der Waals surface area contributed by atoms with Gasteiger partial charge in [0.15, 0.2) is 11.6 Å². The van der Waals surface area contributed by atoms with Gasteiger partial charge in [0.25, 0.3) is 0 Å². The number of ether oxygens (including phenoxy) is 1. The zero-order chi connectivity index (χ0) is 16.5. The second-order valence-electron chi connectivity index (χ2n) is 5.11. The molecule has 0 atom stereocenters. The van der Waals surface area contributed by atoms with Crippen LogP contribution in [0.2, 0.25) is 0 Å². The third kappa shape index (κ3) is 2.79. The average molecular weight is 338 g/mol. The van der Waals surface area contributed by atoms with Crippen LogP contribution in [0.3, 0.4) is 0 Å². The van der Waals surface area contributed by atoms with Gasteiger partial charge in [-0.1, -0.05) is 12.1 Å². The molecule has 0 radical (unpaired) electrons. The van der Waals surface area contributed by atoms with Gasteiger partial charge in [-0.3, -0.25) is 0 Å². The summed E-state index contributed by atoms with van der Waals surface area (Å²) >= 11 is 1.59. The Bertz CT molecular complexity index is 1030. The lowest BCUT2D eigenvalue weighted by atomic mass is 10.1. The zero-order valence-corrected chi connectivity index (χ0v) is 13.1. The minimum atomic E-state index is -0.694. The van der Waals surface area contributed by atoms with Gasteiger partial charge in [0.05, 0.1) is 21.4 Å². The Kier molecular flexibility index (Phi) is 3.59. The highest BCUT2D eigenvalue weighted by atomic mass is 32.1. The first-order valence-electron chi connectivity index (χ1n) is 7.16. The average Bonchev–Trinajstić information content (AvgIpc) is 3.06. The molecule has 2 aromatic heterocycles. The number of phenols is 1. The van der Waals surface area contributed by atoms with E-state index < -0.39 is 11.6 Å². The zero-order valence-electron chi connectivity index (χ0n) is 12.3. The van der Waals surface area contributed by atoms with Crippen LogP contribution in [0.1, 0.15) is 0 Å². The van der Waals surface area contributed by atoms with Gasteiger partial charge in [-0.05, 0) is 30.3 Å². The summed E-state index contributed by atoms with van der Waals surface area (Å²) in [6.07, 6.45) is 0. The first-order chi connectivity index (χ1) is 11.7. The number of aromatic hydroxyl groups is 1. The van der Waals surface area contributed by atoms with Crippen LogP contribution < -0.4 is 4.74 Å². The van der Waals surface area contributed by atoms with Crippen LogP contribution in [-0.4, -0.2) is 15.1 Å². The number of hydrogen-bond donors (Lipinski definition) is 1. The molecule has 24 heavy (non-hydrogen) atoms. The second kappa shape index (κ2) is 5.90. The highest BCUT2D eigenvalue weighted by Crippen LogP contribution is 2.29. The molecule has 4 rings (SSSR count). The Hall–Kier alpha value is -2.99. The number of benzene rings is 2. The quantitative estimate of drug-likeness (QED) is 0.571. The fourth-order valence-electron chi connectivity index (χ4n) is 2.33. The summed E-state index contributed by atoms with van der Waals surface area (Å²) in [5.41, 5.74) is 4.41. The van der Waals surface area contributed by atoms with Gasteiger partial charge in [0.2, 0.25) is 5.88 Å². The molecule has 0 saturated heterocycles. The van der Waals surface area contributed by atoms with E-state index in [-0.39, 0.29) is 0 Å². The number of phenolic OH excluding ortho intramolecular Hbond substituents is 1. The standard InChI is InChI=1S/C18H11FN2O2S/c19-13-6-5-12(9-16(13)22)23-18-3-1-2-14(21-18)11-4-7-17-15(8-11)20-10-24-17/h1-10,22H. The van der Waals surface area contributed by atoms with Crippen molar-refractivity contribution in [1.82, 2.24) is 9.97 Å². The van der Waals surface area contributed by atoms with Crippen LogP contribution in [0.15, 0.2) is 60.1 Å². The molecule has 4 nitrogen and oxygen atoms in total. The molecule has 0 fully saturated rings. The minimum Gasteiger partial charge on any atom is -0.505 e. The molecule has 1 N–H and O–H groups in total. The van der Waals surface area contributed by atoms with Crippen molar-refractivity contribution in [3.8, 4) is 28.6 Å². The van der Waals surface area contributed by atoms with Crippen LogP contribution in [0, 0.1) is 5.82 Å². The summed E-state index contributed by atoms with van der Waals surface area (Å²) in [7, 11) is 0. The van der Waals surface area contributed by atoms with Crippen molar-refractivity contribution in [2.45, 2.75) is 0 Å². The van der Waals surface area contributed by atoms with E-state index >= 15 is 0 Å². The molecule has 0 amide bonds. The predicted molar refractivity (Wildman–Crippen MR) is 91.0 cm³/mol. The molecule has 0 unspecified atom stereocenters. The van der Waals surface area contributed by atoms with Crippen LogP contribution in [0.4, 0.5) is 4.39 Å². The number of hydrogen-bond acceptors (Lipinski definition) is 5. The molecule has 2 heterocycles. The Labute approximate surface area is 140 Å². The second-order valence-corrected chi connectivity index (χ2v) is 6.00. The molecule has 2 aromatic carbocycles. The molecular formula is C18H11FN2O2S. The molecular weight excluding hydrogens is 327 g/mol. The largest absolute Gasteiger partial charge is 0.505 e. The Morgan fingerprint density at radius 1 is 1.04 bits per heavy atom. The molecule has 0 aliphatic carbocycles. The summed E-state index contributed by atoms with van der Waals surface area (Å²) in [4.78, 5) is 8.77. The molecule has 0 aliphatic heterocycles. The minimum absolute atomic E-state index is 0.313. The van der Waals surface area contributed by atoms with E-state index in [4.69, 9.17) is 4.74 Å². The number of thiazole rings is 1. The number of pyridine rings is 1. The van der Waals surface area contributed by atoms with Crippen LogP contribution in [0.5, 0.6) is 17.4 Å². The molecule has 6 heteroatoms.